The van der Waals surface area contributed by atoms with Crippen LogP contribution in [0.25, 0.3) is 0 Å². The molecule has 2 amide bonds. The predicted octanol–water partition coefficient (Wildman–Crippen LogP) is 0.478. The molecule has 108 valence electrons. The van der Waals surface area contributed by atoms with Gasteiger partial charge in [0.1, 0.15) is 0 Å². The standard InChI is InChI=1S/C13H14N6O2/c20-12(9-4-5-9)15-10-3-1-2-8(6-10)7-14-13(21)11-16-18-19-17-11/h1-3,6,9H,4-5,7H2,(H,14,21)(H,15,20)(H,16,17,18,19). The molecule has 0 unspecified atom stereocenters. The number of rotatable bonds is 5. The van der Waals surface area contributed by atoms with Crippen LogP contribution in [0.5, 0.6) is 0 Å². The Morgan fingerprint density at radius 3 is 2.90 bits per heavy atom. The maximum Gasteiger partial charge on any atom is 0.293 e. The van der Waals surface area contributed by atoms with E-state index in [1.54, 1.807) is 0 Å². The number of H-pyrrole nitrogens is 1. The number of tetrazole rings is 1. The molecule has 0 atom stereocenters. The molecule has 1 heterocycles. The summed E-state index contributed by atoms with van der Waals surface area (Å²) in [5.74, 6) is -0.195. The van der Waals surface area contributed by atoms with Gasteiger partial charge in [-0.15, -0.1) is 10.2 Å². The minimum absolute atomic E-state index is 0.00630. The van der Waals surface area contributed by atoms with Gasteiger partial charge in [-0.25, -0.2) is 0 Å². The number of amides is 2. The average Bonchev–Trinajstić information content (AvgIpc) is 3.20. The van der Waals surface area contributed by atoms with Crippen LogP contribution in [0.15, 0.2) is 24.3 Å². The number of anilines is 1. The maximum absolute atomic E-state index is 11.7. The molecule has 1 fully saturated rings. The van der Waals surface area contributed by atoms with Crippen molar-refractivity contribution in [3.05, 3.63) is 35.7 Å². The fourth-order valence-electron chi connectivity index (χ4n) is 1.87. The van der Waals surface area contributed by atoms with E-state index in [-0.39, 0.29) is 17.6 Å². The lowest BCUT2D eigenvalue weighted by molar-refractivity contribution is -0.117. The first kappa shape index (κ1) is 13.2. The number of aromatic amines is 1. The van der Waals surface area contributed by atoms with Crippen molar-refractivity contribution in [3.8, 4) is 0 Å². The summed E-state index contributed by atoms with van der Waals surface area (Å²) in [4.78, 5) is 23.4. The Kier molecular flexibility index (Phi) is 3.59. The van der Waals surface area contributed by atoms with E-state index in [4.69, 9.17) is 0 Å². The molecule has 8 nitrogen and oxygen atoms in total. The minimum Gasteiger partial charge on any atom is -0.345 e. The van der Waals surface area contributed by atoms with Gasteiger partial charge in [0.2, 0.25) is 5.91 Å². The van der Waals surface area contributed by atoms with Gasteiger partial charge in [-0.1, -0.05) is 12.1 Å². The summed E-state index contributed by atoms with van der Waals surface area (Å²) in [5.41, 5.74) is 1.61. The van der Waals surface area contributed by atoms with Crippen molar-refractivity contribution in [2.45, 2.75) is 19.4 Å². The zero-order chi connectivity index (χ0) is 14.7. The van der Waals surface area contributed by atoms with E-state index in [1.165, 1.54) is 0 Å². The Hall–Kier alpha value is -2.77. The number of hydrogen-bond donors (Lipinski definition) is 3. The first-order valence-corrected chi connectivity index (χ1v) is 6.64. The molecule has 3 N–H and O–H groups in total. The Morgan fingerprint density at radius 1 is 1.33 bits per heavy atom. The Morgan fingerprint density at radius 2 is 2.19 bits per heavy atom. The molecule has 1 aromatic carbocycles. The van der Waals surface area contributed by atoms with Crippen molar-refractivity contribution < 1.29 is 9.59 Å². The van der Waals surface area contributed by atoms with Crippen molar-refractivity contribution >= 4 is 17.5 Å². The topological polar surface area (TPSA) is 113 Å². The summed E-state index contributed by atoms with van der Waals surface area (Å²) in [6, 6.07) is 7.35. The minimum atomic E-state index is -0.406. The molecule has 8 heteroatoms. The molecule has 1 aromatic heterocycles. The number of nitrogens with zero attached hydrogens (tertiary/aromatic N) is 3. The lowest BCUT2D eigenvalue weighted by Gasteiger charge is -2.07. The summed E-state index contributed by atoms with van der Waals surface area (Å²) in [6.07, 6.45) is 1.93. The molecule has 0 radical (unpaired) electrons. The molecule has 1 saturated carbocycles. The van der Waals surface area contributed by atoms with E-state index in [0.717, 1.165) is 24.1 Å². The van der Waals surface area contributed by atoms with Crippen LogP contribution in [0.4, 0.5) is 5.69 Å². The second kappa shape index (κ2) is 5.70. The highest BCUT2D eigenvalue weighted by molar-refractivity contribution is 5.94. The summed E-state index contributed by atoms with van der Waals surface area (Å²) in [5, 5.41) is 18.3. The van der Waals surface area contributed by atoms with Crippen LogP contribution in [-0.2, 0) is 11.3 Å². The highest BCUT2D eigenvalue weighted by atomic mass is 16.2. The highest BCUT2D eigenvalue weighted by Gasteiger charge is 2.29. The van der Waals surface area contributed by atoms with E-state index in [2.05, 4.69) is 31.3 Å². The van der Waals surface area contributed by atoms with Crippen molar-refractivity contribution in [2.75, 3.05) is 5.32 Å². The summed E-state index contributed by atoms with van der Waals surface area (Å²) in [7, 11) is 0. The van der Waals surface area contributed by atoms with Gasteiger partial charge in [0, 0.05) is 18.2 Å². The van der Waals surface area contributed by atoms with E-state index < -0.39 is 5.91 Å². The fourth-order valence-corrected chi connectivity index (χ4v) is 1.87. The number of carbonyl (C=O) groups is 2. The second-order valence-electron chi connectivity index (χ2n) is 4.88. The molecule has 1 aliphatic carbocycles. The zero-order valence-corrected chi connectivity index (χ0v) is 11.2. The highest BCUT2D eigenvalue weighted by Crippen LogP contribution is 2.30. The number of nitrogens with one attached hydrogen (secondary N) is 3. The maximum atomic E-state index is 11.7. The van der Waals surface area contributed by atoms with Gasteiger partial charge >= 0.3 is 0 Å². The molecule has 0 saturated heterocycles. The van der Waals surface area contributed by atoms with Crippen LogP contribution in [0.3, 0.4) is 0 Å². The monoisotopic (exact) mass is 286 g/mol. The summed E-state index contributed by atoms with van der Waals surface area (Å²) in [6.45, 7) is 0.320. The second-order valence-corrected chi connectivity index (χ2v) is 4.88. The van der Waals surface area contributed by atoms with Gasteiger partial charge < -0.3 is 10.6 Å². The van der Waals surface area contributed by atoms with Crippen molar-refractivity contribution in [2.24, 2.45) is 5.92 Å². The van der Waals surface area contributed by atoms with E-state index in [0.29, 0.717) is 6.54 Å². The number of hydrogen-bond acceptors (Lipinski definition) is 5. The first-order valence-electron chi connectivity index (χ1n) is 6.64. The van der Waals surface area contributed by atoms with Gasteiger partial charge in [-0.2, -0.15) is 5.21 Å². The molecule has 2 aromatic rings. The van der Waals surface area contributed by atoms with Gasteiger partial charge in [0.25, 0.3) is 11.7 Å². The van der Waals surface area contributed by atoms with Crippen LogP contribution < -0.4 is 10.6 Å². The molecule has 3 rings (SSSR count). The number of aromatic nitrogens is 4. The normalized spacial score (nSPS) is 13.7. The average molecular weight is 286 g/mol. The number of carbonyl (C=O) groups excluding carboxylic acids is 2. The smallest absolute Gasteiger partial charge is 0.293 e. The Bertz CT molecular complexity index is 650. The van der Waals surface area contributed by atoms with Crippen LogP contribution >= 0.6 is 0 Å². The van der Waals surface area contributed by atoms with Gasteiger partial charge in [0.05, 0.1) is 0 Å². The third-order valence-corrected chi connectivity index (χ3v) is 3.14. The zero-order valence-electron chi connectivity index (χ0n) is 11.2. The van der Waals surface area contributed by atoms with E-state index in [1.807, 2.05) is 24.3 Å². The largest absolute Gasteiger partial charge is 0.345 e. The quantitative estimate of drug-likeness (QED) is 0.740. The van der Waals surface area contributed by atoms with Gasteiger partial charge in [-0.05, 0) is 35.8 Å². The number of benzene rings is 1. The summed E-state index contributed by atoms with van der Waals surface area (Å²) < 4.78 is 0. The molecule has 0 aliphatic heterocycles. The molecule has 0 spiro atoms. The fraction of sp³-hybridized carbons (Fsp3) is 0.308. The SMILES string of the molecule is O=C(NCc1cccc(NC(=O)C2CC2)c1)c1nn[nH]n1. The van der Waals surface area contributed by atoms with Crippen LogP contribution in [-0.4, -0.2) is 32.4 Å². The van der Waals surface area contributed by atoms with E-state index >= 15 is 0 Å². The van der Waals surface area contributed by atoms with Crippen LogP contribution in [0.1, 0.15) is 29.0 Å². The van der Waals surface area contributed by atoms with Crippen molar-refractivity contribution in [1.29, 1.82) is 0 Å². The Balaban J connectivity index is 1.58. The van der Waals surface area contributed by atoms with Gasteiger partial charge in [-0.3, -0.25) is 9.59 Å². The molecule has 0 bridgehead atoms. The van der Waals surface area contributed by atoms with Gasteiger partial charge in [0.15, 0.2) is 0 Å². The molecular weight excluding hydrogens is 272 g/mol. The summed E-state index contributed by atoms with van der Waals surface area (Å²) >= 11 is 0. The molecular formula is C13H14N6O2. The van der Waals surface area contributed by atoms with Crippen molar-refractivity contribution in [3.63, 3.8) is 0 Å². The lowest BCUT2D eigenvalue weighted by atomic mass is 10.2. The first-order chi connectivity index (χ1) is 10.2. The third-order valence-electron chi connectivity index (χ3n) is 3.14. The Labute approximate surface area is 120 Å². The van der Waals surface area contributed by atoms with Crippen molar-refractivity contribution in [1.82, 2.24) is 25.9 Å². The lowest BCUT2D eigenvalue weighted by Crippen LogP contribution is -2.24. The van der Waals surface area contributed by atoms with Crippen LogP contribution in [0.2, 0.25) is 0 Å². The molecule has 21 heavy (non-hydrogen) atoms. The molecule has 1 aliphatic rings. The third kappa shape index (κ3) is 3.41. The van der Waals surface area contributed by atoms with Crippen LogP contribution in [0, 0.1) is 5.92 Å². The van der Waals surface area contributed by atoms with E-state index in [9.17, 15) is 9.59 Å². The predicted molar refractivity (Wildman–Crippen MR) is 73.1 cm³/mol.